The maximum atomic E-state index is 12.7. The van der Waals surface area contributed by atoms with Crippen molar-refractivity contribution >= 4 is 24.0 Å². The fraction of sp³-hybridized carbons (Fsp3) is 0.500. The number of carbonyl (C=O) groups excluding carboxylic acids is 4. The molecule has 1 aromatic rings. The molecule has 2 aliphatic heterocycles. The van der Waals surface area contributed by atoms with E-state index in [2.05, 4.69) is 27.8 Å². The minimum Gasteiger partial charge on any atom is -0.486 e. The summed E-state index contributed by atoms with van der Waals surface area (Å²) in [6.45, 7) is 8.84. The maximum absolute atomic E-state index is 12.7. The van der Waals surface area contributed by atoms with Crippen LogP contribution in [-0.4, -0.2) is 62.4 Å². The number of fused-ring (bicyclic) bond motifs is 1. The molecule has 3 unspecified atom stereocenters. The third-order valence-corrected chi connectivity index (χ3v) is 5.85. The lowest BCUT2D eigenvalue weighted by Crippen LogP contribution is -2.52. The number of aldehydes is 1. The molecule has 1 saturated heterocycles. The summed E-state index contributed by atoms with van der Waals surface area (Å²) in [4.78, 5) is 49.2. The fourth-order valence-electron chi connectivity index (χ4n) is 3.92. The second-order valence-electron chi connectivity index (χ2n) is 8.75. The lowest BCUT2D eigenvalue weighted by Gasteiger charge is -2.23. The summed E-state index contributed by atoms with van der Waals surface area (Å²) in [6, 6.07) is 3.30. The zero-order valence-electron chi connectivity index (χ0n) is 19.5. The van der Waals surface area contributed by atoms with Crippen molar-refractivity contribution in [2.75, 3.05) is 26.3 Å². The van der Waals surface area contributed by atoms with Crippen LogP contribution in [0.25, 0.3) is 0 Å². The molecule has 0 aliphatic carbocycles. The quantitative estimate of drug-likeness (QED) is 0.365. The Balaban J connectivity index is 1.52. The number of carbonyl (C=O) groups is 4. The van der Waals surface area contributed by atoms with Crippen molar-refractivity contribution in [3.8, 4) is 11.5 Å². The van der Waals surface area contributed by atoms with Crippen molar-refractivity contribution < 1.29 is 28.7 Å². The number of benzene rings is 1. The molecule has 1 fully saturated rings. The molecule has 0 radical (unpaired) electrons. The lowest BCUT2D eigenvalue weighted by atomic mass is 9.97. The van der Waals surface area contributed by atoms with Gasteiger partial charge in [-0.1, -0.05) is 20.4 Å². The average Bonchev–Trinajstić information content (AvgIpc) is 3.23. The Labute approximate surface area is 198 Å². The highest BCUT2D eigenvalue weighted by atomic mass is 16.6. The van der Waals surface area contributed by atoms with Crippen molar-refractivity contribution in [3.63, 3.8) is 0 Å². The second kappa shape index (κ2) is 11.5. The van der Waals surface area contributed by atoms with E-state index in [1.807, 2.05) is 0 Å². The molecular formula is C24H32N4O6. The van der Waals surface area contributed by atoms with Gasteiger partial charge < -0.3 is 35.5 Å². The van der Waals surface area contributed by atoms with Crippen LogP contribution in [0, 0.1) is 11.8 Å². The van der Waals surface area contributed by atoms with Crippen molar-refractivity contribution in [2.24, 2.45) is 11.8 Å². The molecule has 0 bridgehead atoms. The van der Waals surface area contributed by atoms with Crippen LogP contribution >= 0.6 is 0 Å². The number of allylic oxidation sites excluding steroid dienone is 1. The van der Waals surface area contributed by atoms with E-state index >= 15 is 0 Å². The van der Waals surface area contributed by atoms with Crippen LogP contribution in [0.15, 0.2) is 30.5 Å². The molecule has 10 heteroatoms. The van der Waals surface area contributed by atoms with Crippen LogP contribution in [0.3, 0.4) is 0 Å². The topological polar surface area (TPSA) is 135 Å². The Bertz CT molecular complexity index is 947. The average molecular weight is 473 g/mol. The fourth-order valence-corrected chi connectivity index (χ4v) is 3.92. The van der Waals surface area contributed by atoms with Gasteiger partial charge in [0.05, 0.1) is 12.6 Å². The molecule has 4 N–H and O–H groups in total. The molecule has 0 aromatic heterocycles. The monoisotopic (exact) mass is 472 g/mol. The van der Waals surface area contributed by atoms with Crippen molar-refractivity contribution in [3.05, 3.63) is 36.0 Å². The van der Waals surface area contributed by atoms with E-state index in [0.29, 0.717) is 43.0 Å². The van der Waals surface area contributed by atoms with Crippen molar-refractivity contribution in [1.29, 1.82) is 0 Å². The van der Waals surface area contributed by atoms with Crippen LogP contribution in [0.2, 0.25) is 0 Å². The molecule has 2 heterocycles. The zero-order chi connectivity index (χ0) is 24.7. The van der Waals surface area contributed by atoms with Gasteiger partial charge in [0.1, 0.15) is 25.5 Å². The number of rotatable bonds is 10. The van der Waals surface area contributed by atoms with E-state index in [0.717, 1.165) is 18.7 Å². The first-order valence-corrected chi connectivity index (χ1v) is 11.4. The molecule has 3 atom stereocenters. The molecule has 2 aliphatic rings. The summed E-state index contributed by atoms with van der Waals surface area (Å²) < 4.78 is 11.0. The number of nitrogens with one attached hydrogen (secondary N) is 4. The molecular weight excluding hydrogens is 440 g/mol. The summed E-state index contributed by atoms with van der Waals surface area (Å²) in [5.74, 6) is -0.493. The van der Waals surface area contributed by atoms with E-state index < -0.39 is 29.8 Å². The largest absolute Gasteiger partial charge is 0.486 e. The highest BCUT2D eigenvalue weighted by molar-refractivity contribution is 5.98. The van der Waals surface area contributed by atoms with E-state index in [1.165, 1.54) is 0 Å². The predicted molar refractivity (Wildman–Crippen MR) is 124 cm³/mol. The summed E-state index contributed by atoms with van der Waals surface area (Å²) in [6.07, 6.45) is 2.00. The van der Waals surface area contributed by atoms with Gasteiger partial charge in [-0.2, -0.15) is 0 Å². The normalized spacial score (nSPS) is 18.4. The molecule has 0 spiro atoms. The van der Waals surface area contributed by atoms with Gasteiger partial charge in [0.15, 0.2) is 11.5 Å². The third kappa shape index (κ3) is 6.49. The van der Waals surface area contributed by atoms with Crippen LogP contribution in [0.5, 0.6) is 11.5 Å². The van der Waals surface area contributed by atoms with Gasteiger partial charge in [-0.3, -0.25) is 14.4 Å². The van der Waals surface area contributed by atoms with Gasteiger partial charge in [-0.25, -0.2) is 0 Å². The van der Waals surface area contributed by atoms with Crippen molar-refractivity contribution in [1.82, 2.24) is 21.3 Å². The molecule has 1 aromatic carbocycles. The molecule has 34 heavy (non-hydrogen) atoms. The molecule has 0 saturated carbocycles. The summed E-state index contributed by atoms with van der Waals surface area (Å²) in [5, 5.41) is 11.0. The van der Waals surface area contributed by atoms with Crippen LogP contribution in [0.4, 0.5) is 0 Å². The first kappa shape index (κ1) is 25.1. The first-order chi connectivity index (χ1) is 16.3. The predicted octanol–water partition coefficient (Wildman–Crippen LogP) is 0.525. The SMILES string of the molecule is C=C1NCCC1CC(C=O)NC(=O)CNC(=O)C(NC(=O)c1ccc2c(c1)OCCO2)C(C)C. The standard InChI is InChI=1S/C24H32N4O6/c1-14(2)22(28-23(31)17-4-5-19-20(11-17)34-9-8-33-19)24(32)26-12-21(30)27-18(13-29)10-16-6-7-25-15(16)3/h4-5,11,13-14,16,18,22,25H,3,6-10,12H2,1-2H3,(H,26,32)(H,27,30)(H,28,31). The number of amides is 3. The Kier molecular flexibility index (Phi) is 8.50. The van der Waals surface area contributed by atoms with Gasteiger partial charge in [0.25, 0.3) is 5.91 Å². The molecule has 3 rings (SSSR count). The van der Waals surface area contributed by atoms with Gasteiger partial charge in [-0.15, -0.1) is 0 Å². The molecule has 184 valence electrons. The van der Waals surface area contributed by atoms with Gasteiger partial charge >= 0.3 is 0 Å². The van der Waals surface area contributed by atoms with Crippen LogP contribution < -0.4 is 30.7 Å². The van der Waals surface area contributed by atoms with E-state index in [-0.39, 0.29) is 18.4 Å². The third-order valence-electron chi connectivity index (χ3n) is 5.85. The Morgan fingerprint density at radius 2 is 1.91 bits per heavy atom. The molecule has 10 nitrogen and oxygen atoms in total. The highest BCUT2D eigenvalue weighted by Gasteiger charge is 2.27. The van der Waals surface area contributed by atoms with E-state index in [9.17, 15) is 19.2 Å². The first-order valence-electron chi connectivity index (χ1n) is 11.4. The molecule has 3 amide bonds. The number of ether oxygens (including phenoxy) is 2. The zero-order valence-corrected chi connectivity index (χ0v) is 19.5. The Hall–Kier alpha value is -3.56. The second-order valence-corrected chi connectivity index (χ2v) is 8.75. The maximum Gasteiger partial charge on any atom is 0.252 e. The van der Waals surface area contributed by atoms with E-state index in [1.54, 1.807) is 32.0 Å². The van der Waals surface area contributed by atoms with Gasteiger partial charge in [-0.05, 0) is 37.0 Å². The summed E-state index contributed by atoms with van der Waals surface area (Å²) in [7, 11) is 0. The highest BCUT2D eigenvalue weighted by Crippen LogP contribution is 2.30. The summed E-state index contributed by atoms with van der Waals surface area (Å²) >= 11 is 0. The van der Waals surface area contributed by atoms with Crippen LogP contribution in [-0.2, 0) is 14.4 Å². The minimum absolute atomic E-state index is 0.117. The number of hydrogen-bond acceptors (Lipinski definition) is 7. The smallest absolute Gasteiger partial charge is 0.252 e. The lowest BCUT2D eigenvalue weighted by molar-refractivity contribution is -0.128. The van der Waals surface area contributed by atoms with Crippen LogP contribution in [0.1, 0.15) is 37.0 Å². The van der Waals surface area contributed by atoms with Gasteiger partial charge in [0.2, 0.25) is 11.8 Å². The Morgan fingerprint density at radius 1 is 1.18 bits per heavy atom. The number of hydrogen-bond donors (Lipinski definition) is 4. The van der Waals surface area contributed by atoms with Gasteiger partial charge in [0, 0.05) is 23.7 Å². The summed E-state index contributed by atoms with van der Waals surface area (Å²) in [5.41, 5.74) is 1.19. The Morgan fingerprint density at radius 3 is 2.56 bits per heavy atom. The van der Waals surface area contributed by atoms with Crippen molar-refractivity contribution in [2.45, 2.75) is 38.8 Å². The minimum atomic E-state index is -0.858. The van der Waals surface area contributed by atoms with E-state index in [4.69, 9.17) is 9.47 Å².